The molecule has 1 aliphatic heterocycles. The number of hydrogen-bond donors (Lipinski definition) is 0. The Bertz CT molecular complexity index is 856. The summed E-state index contributed by atoms with van der Waals surface area (Å²) in [5.41, 5.74) is -0.592. The largest absolute Gasteiger partial charge is 0.497 e. The van der Waals surface area contributed by atoms with Gasteiger partial charge in [-0.15, -0.1) is 0 Å². The molecule has 3 aliphatic rings. The fraction of sp³-hybridized carbons (Fsp3) is 0.625. The minimum atomic E-state index is -0.939. The Labute approximate surface area is 183 Å². The van der Waals surface area contributed by atoms with Crippen molar-refractivity contribution in [3.8, 4) is 11.5 Å². The van der Waals surface area contributed by atoms with Gasteiger partial charge in [-0.05, 0) is 37.8 Å². The lowest BCUT2D eigenvalue weighted by atomic mass is 9.76. The maximum absolute atomic E-state index is 13.9. The smallest absolute Gasteiger partial charge is 0.258 e. The van der Waals surface area contributed by atoms with Crippen LogP contribution in [0.4, 0.5) is 0 Å². The second-order valence-electron chi connectivity index (χ2n) is 8.91. The standard InChI is InChI=1S/C24H32N2O5/c1-30-18-11-12-19(20(15-18)31-2)22(28)25-16-21(27)26(17-9-5-3-6-10-17)23(29)24(25)13-7-4-8-14-24/h11-12,15,17H,3-10,13-14,16H2,1-2H3. The number of carbonyl (C=O) groups is 3. The van der Waals surface area contributed by atoms with Crippen molar-refractivity contribution in [2.45, 2.75) is 75.8 Å². The van der Waals surface area contributed by atoms with Crippen molar-refractivity contribution in [1.82, 2.24) is 9.80 Å². The molecule has 1 spiro atoms. The van der Waals surface area contributed by atoms with Crippen LogP contribution in [0, 0.1) is 0 Å². The number of piperazine rings is 1. The van der Waals surface area contributed by atoms with E-state index in [1.807, 2.05) is 0 Å². The summed E-state index contributed by atoms with van der Waals surface area (Å²) in [6.45, 7) is -0.0593. The lowest BCUT2D eigenvalue weighted by Crippen LogP contribution is -2.71. The number of carbonyl (C=O) groups excluding carboxylic acids is 3. The van der Waals surface area contributed by atoms with Crippen molar-refractivity contribution >= 4 is 17.7 Å². The van der Waals surface area contributed by atoms with E-state index in [-0.39, 0.29) is 30.3 Å². The first-order valence-corrected chi connectivity index (χ1v) is 11.4. The van der Waals surface area contributed by atoms with Gasteiger partial charge in [0.15, 0.2) is 0 Å². The molecule has 4 rings (SSSR count). The summed E-state index contributed by atoms with van der Waals surface area (Å²) in [5.74, 6) is 0.205. The SMILES string of the molecule is COc1ccc(C(=O)N2CC(=O)N(C3CCCCC3)C(=O)C23CCCCC3)c(OC)c1. The van der Waals surface area contributed by atoms with E-state index >= 15 is 0 Å². The Balaban J connectivity index is 1.71. The van der Waals surface area contributed by atoms with Crippen molar-refractivity contribution in [1.29, 1.82) is 0 Å². The van der Waals surface area contributed by atoms with Crippen LogP contribution >= 0.6 is 0 Å². The minimum absolute atomic E-state index is 0.0275. The number of benzene rings is 1. The molecule has 7 nitrogen and oxygen atoms in total. The van der Waals surface area contributed by atoms with E-state index in [4.69, 9.17) is 9.47 Å². The molecule has 7 heteroatoms. The third-order valence-electron chi connectivity index (χ3n) is 7.20. The Morgan fingerprint density at radius 2 is 1.65 bits per heavy atom. The number of nitrogens with zero attached hydrogens (tertiary/aromatic N) is 2. The molecule has 1 aromatic rings. The quantitative estimate of drug-likeness (QED) is 0.686. The second kappa shape index (κ2) is 8.89. The molecule has 31 heavy (non-hydrogen) atoms. The first-order chi connectivity index (χ1) is 15.0. The van der Waals surface area contributed by atoms with Gasteiger partial charge in [0, 0.05) is 12.1 Å². The first-order valence-electron chi connectivity index (χ1n) is 11.4. The Morgan fingerprint density at radius 1 is 0.968 bits per heavy atom. The zero-order valence-electron chi connectivity index (χ0n) is 18.5. The van der Waals surface area contributed by atoms with Gasteiger partial charge in [-0.1, -0.05) is 38.5 Å². The molecular weight excluding hydrogens is 396 g/mol. The van der Waals surface area contributed by atoms with Crippen LogP contribution in [-0.4, -0.2) is 59.9 Å². The van der Waals surface area contributed by atoms with Crippen molar-refractivity contribution in [3.05, 3.63) is 23.8 Å². The molecular formula is C24H32N2O5. The van der Waals surface area contributed by atoms with E-state index in [1.165, 1.54) is 12.0 Å². The monoisotopic (exact) mass is 428 g/mol. The molecule has 0 aromatic heterocycles. The van der Waals surface area contributed by atoms with Gasteiger partial charge < -0.3 is 14.4 Å². The number of methoxy groups -OCH3 is 2. The second-order valence-corrected chi connectivity index (χ2v) is 8.91. The highest BCUT2D eigenvalue weighted by Gasteiger charge is 2.55. The van der Waals surface area contributed by atoms with Gasteiger partial charge in [-0.2, -0.15) is 0 Å². The molecule has 168 valence electrons. The summed E-state index contributed by atoms with van der Waals surface area (Å²) < 4.78 is 10.7. The topological polar surface area (TPSA) is 76.2 Å². The Morgan fingerprint density at radius 3 is 2.29 bits per heavy atom. The van der Waals surface area contributed by atoms with Crippen molar-refractivity contribution in [3.63, 3.8) is 0 Å². The highest BCUT2D eigenvalue weighted by molar-refractivity contribution is 6.10. The van der Waals surface area contributed by atoms with Crippen LogP contribution in [0.2, 0.25) is 0 Å². The summed E-state index contributed by atoms with van der Waals surface area (Å²) in [4.78, 5) is 43.8. The van der Waals surface area contributed by atoms with Gasteiger partial charge in [-0.3, -0.25) is 19.3 Å². The summed E-state index contributed by atoms with van der Waals surface area (Å²) in [7, 11) is 3.05. The van der Waals surface area contributed by atoms with E-state index in [0.29, 0.717) is 29.9 Å². The van der Waals surface area contributed by atoms with Crippen LogP contribution in [0.25, 0.3) is 0 Å². The van der Waals surface area contributed by atoms with Crippen molar-refractivity contribution in [2.75, 3.05) is 20.8 Å². The Hall–Kier alpha value is -2.57. The molecule has 0 N–H and O–H groups in total. The molecule has 0 unspecified atom stereocenters. The third-order valence-corrected chi connectivity index (χ3v) is 7.20. The van der Waals surface area contributed by atoms with Crippen LogP contribution in [-0.2, 0) is 9.59 Å². The Kier molecular flexibility index (Phi) is 6.21. The zero-order chi connectivity index (χ0) is 22.0. The van der Waals surface area contributed by atoms with Crippen molar-refractivity contribution < 1.29 is 23.9 Å². The molecule has 1 heterocycles. The van der Waals surface area contributed by atoms with Gasteiger partial charge in [0.1, 0.15) is 23.6 Å². The van der Waals surface area contributed by atoms with Gasteiger partial charge in [0.2, 0.25) is 5.91 Å². The average molecular weight is 429 g/mol. The van der Waals surface area contributed by atoms with Crippen LogP contribution < -0.4 is 9.47 Å². The summed E-state index contributed by atoms with van der Waals surface area (Å²) >= 11 is 0. The van der Waals surface area contributed by atoms with E-state index in [0.717, 1.165) is 51.4 Å². The maximum Gasteiger partial charge on any atom is 0.258 e. The predicted octanol–water partition coefficient (Wildman–Crippen LogP) is 3.55. The van der Waals surface area contributed by atoms with Crippen LogP contribution in [0.5, 0.6) is 11.5 Å². The first kappa shape index (κ1) is 21.7. The number of amides is 3. The zero-order valence-corrected chi connectivity index (χ0v) is 18.5. The average Bonchev–Trinajstić information content (AvgIpc) is 2.82. The number of imide groups is 1. The molecule has 3 amide bonds. The van der Waals surface area contributed by atoms with Crippen molar-refractivity contribution in [2.24, 2.45) is 0 Å². The van der Waals surface area contributed by atoms with Crippen LogP contribution in [0.15, 0.2) is 18.2 Å². The van der Waals surface area contributed by atoms with Crippen LogP contribution in [0.1, 0.15) is 74.6 Å². The van der Waals surface area contributed by atoms with Gasteiger partial charge in [0.05, 0.1) is 19.8 Å². The molecule has 2 aliphatic carbocycles. The lowest BCUT2D eigenvalue weighted by molar-refractivity contribution is -0.166. The summed E-state index contributed by atoms with van der Waals surface area (Å²) in [6.07, 6.45) is 8.98. The normalized spacial score (nSPS) is 22.0. The molecule has 2 saturated carbocycles. The van der Waals surface area contributed by atoms with E-state index in [1.54, 1.807) is 30.2 Å². The molecule has 0 atom stereocenters. The molecule has 1 aromatic carbocycles. The number of hydrogen-bond acceptors (Lipinski definition) is 5. The van der Waals surface area contributed by atoms with Gasteiger partial charge >= 0.3 is 0 Å². The van der Waals surface area contributed by atoms with Gasteiger partial charge in [-0.25, -0.2) is 0 Å². The van der Waals surface area contributed by atoms with E-state index in [2.05, 4.69) is 0 Å². The third kappa shape index (κ3) is 3.79. The molecule has 3 fully saturated rings. The lowest BCUT2D eigenvalue weighted by Gasteiger charge is -2.52. The van der Waals surface area contributed by atoms with E-state index in [9.17, 15) is 14.4 Å². The number of rotatable bonds is 4. The molecule has 0 bridgehead atoms. The number of ether oxygens (including phenoxy) is 2. The molecule has 1 saturated heterocycles. The highest BCUT2D eigenvalue weighted by Crippen LogP contribution is 2.41. The minimum Gasteiger partial charge on any atom is -0.497 e. The predicted molar refractivity (Wildman–Crippen MR) is 115 cm³/mol. The maximum atomic E-state index is 13.9. The fourth-order valence-corrected chi connectivity index (χ4v) is 5.53. The molecule has 0 radical (unpaired) electrons. The van der Waals surface area contributed by atoms with Gasteiger partial charge in [0.25, 0.3) is 11.8 Å². The van der Waals surface area contributed by atoms with Crippen LogP contribution in [0.3, 0.4) is 0 Å². The highest BCUT2D eigenvalue weighted by atomic mass is 16.5. The van der Waals surface area contributed by atoms with E-state index < -0.39 is 5.54 Å². The fourth-order valence-electron chi connectivity index (χ4n) is 5.53. The summed E-state index contributed by atoms with van der Waals surface area (Å²) in [5, 5.41) is 0. The summed E-state index contributed by atoms with van der Waals surface area (Å²) in [6, 6.07) is 4.98.